The fourth-order valence-corrected chi connectivity index (χ4v) is 7.41. The van der Waals surface area contributed by atoms with Gasteiger partial charge >= 0.3 is 5.97 Å². The van der Waals surface area contributed by atoms with Crippen molar-refractivity contribution in [2.75, 3.05) is 13.2 Å². The highest BCUT2D eigenvalue weighted by Gasteiger charge is 2.40. The van der Waals surface area contributed by atoms with Crippen LogP contribution in [0.2, 0.25) is 18.1 Å². The normalized spacial score (nSPS) is 24.2. The molecule has 0 aliphatic carbocycles. The fourth-order valence-electron chi connectivity index (χ4n) is 6.39. The number of carbonyl (C=O) groups excluding carboxylic acids is 4. The molecule has 2 aromatic rings. The van der Waals surface area contributed by atoms with Crippen molar-refractivity contribution >= 4 is 38.1 Å². The fraction of sp³-hybridized carbons (Fsp3) is 0.571. The Balaban J connectivity index is 1.67. The van der Waals surface area contributed by atoms with Gasteiger partial charge in [0.1, 0.15) is 30.5 Å². The average molecular weight is 763 g/mol. The van der Waals surface area contributed by atoms with Gasteiger partial charge in [0.15, 0.2) is 0 Å². The molecule has 2 aromatic carbocycles. The first-order valence-corrected chi connectivity index (χ1v) is 22.4. The number of hydrazine groups is 1. The molecule has 4 rings (SSSR count). The van der Waals surface area contributed by atoms with Gasteiger partial charge in [0.05, 0.1) is 12.0 Å². The Morgan fingerprint density at radius 1 is 0.981 bits per heavy atom. The molecular formula is C42H62N4O7Si. The number of hydrogen-bond donors (Lipinski definition) is 3. The van der Waals surface area contributed by atoms with Crippen molar-refractivity contribution in [2.45, 2.75) is 130 Å². The Kier molecular flexibility index (Phi) is 15.1. The molecule has 12 heteroatoms. The van der Waals surface area contributed by atoms with Crippen molar-refractivity contribution in [1.82, 2.24) is 21.1 Å². The molecule has 1 fully saturated rings. The number of allylic oxidation sites excluding steroid dienone is 1. The number of carbonyl (C=O) groups is 4. The van der Waals surface area contributed by atoms with Crippen LogP contribution >= 0.6 is 0 Å². The van der Waals surface area contributed by atoms with Gasteiger partial charge < -0.3 is 24.5 Å². The number of fused-ring (bicyclic) bond motifs is 4. The highest BCUT2D eigenvalue weighted by Crippen LogP contribution is 2.37. The van der Waals surface area contributed by atoms with Crippen LogP contribution in [0.5, 0.6) is 5.75 Å². The summed E-state index contributed by atoms with van der Waals surface area (Å²) in [5.74, 6) is -1.70. The highest BCUT2D eigenvalue weighted by molar-refractivity contribution is 6.74. The SMILES string of the molecule is CCO[C@@H]1CCC=Cc2cccc(c2)COC(=O)[C@@H]2CCCN(N2)C(=O)[C@H](Cc2cccc(O[Si](C)(C)C(C)(C)C)c2)NC(=O)[C@H](C(C)C)NC(=O)[C@@H]1C. The van der Waals surface area contributed by atoms with Gasteiger partial charge in [-0.25, -0.2) is 5.43 Å². The molecule has 296 valence electrons. The molecule has 3 amide bonds. The van der Waals surface area contributed by atoms with Gasteiger partial charge in [0.2, 0.25) is 20.1 Å². The Morgan fingerprint density at radius 2 is 1.72 bits per heavy atom. The van der Waals surface area contributed by atoms with E-state index in [1.807, 2.05) is 88.4 Å². The summed E-state index contributed by atoms with van der Waals surface area (Å²) in [7, 11) is -2.15. The number of nitrogens with zero attached hydrogens (tertiary/aromatic N) is 1. The van der Waals surface area contributed by atoms with Crippen molar-refractivity contribution in [1.29, 1.82) is 0 Å². The van der Waals surface area contributed by atoms with E-state index in [0.717, 1.165) is 16.7 Å². The first-order valence-electron chi connectivity index (χ1n) is 19.5. The Bertz CT molecular complexity index is 1640. The number of cyclic esters (lactones) is 1. The molecule has 0 spiro atoms. The predicted molar refractivity (Wildman–Crippen MR) is 214 cm³/mol. The highest BCUT2D eigenvalue weighted by atomic mass is 28.4. The monoisotopic (exact) mass is 762 g/mol. The minimum absolute atomic E-state index is 0.0137. The summed E-state index contributed by atoms with van der Waals surface area (Å²) >= 11 is 0. The molecule has 11 nitrogen and oxygen atoms in total. The second-order valence-electron chi connectivity index (χ2n) is 16.4. The second-order valence-corrected chi connectivity index (χ2v) is 21.2. The van der Waals surface area contributed by atoms with E-state index < -0.39 is 50.1 Å². The van der Waals surface area contributed by atoms with E-state index in [9.17, 15) is 19.2 Å². The Labute approximate surface area is 323 Å². The lowest BCUT2D eigenvalue weighted by molar-refractivity contribution is -0.154. The lowest BCUT2D eigenvalue weighted by Gasteiger charge is -2.36. The van der Waals surface area contributed by atoms with Crippen LogP contribution in [0, 0.1) is 11.8 Å². The number of amides is 3. The second kappa shape index (κ2) is 19.0. The zero-order valence-corrected chi connectivity index (χ0v) is 34.7. The molecular weight excluding hydrogens is 701 g/mol. The number of benzene rings is 2. The van der Waals surface area contributed by atoms with Crippen LogP contribution in [0.15, 0.2) is 54.6 Å². The van der Waals surface area contributed by atoms with Gasteiger partial charge in [0.25, 0.3) is 5.91 Å². The minimum Gasteiger partial charge on any atom is -0.543 e. The number of nitrogens with one attached hydrogen (secondary N) is 3. The number of rotatable bonds is 7. The molecule has 54 heavy (non-hydrogen) atoms. The van der Waals surface area contributed by atoms with Crippen molar-refractivity contribution in [3.63, 3.8) is 0 Å². The summed E-state index contributed by atoms with van der Waals surface area (Å²) in [4.78, 5) is 55.6. The maximum atomic E-state index is 14.4. The largest absolute Gasteiger partial charge is 0.543 e. The van der Waals surface area contributed by atoms with Gasteiger partial charge in [-0.1, -0.05) is 84.0 Å². The van der Waals surface area contributed by atoms with Crippen LogP contribution in [0.1, 0.15) is 90.8 Å². The van der Waals surface area contributed by atoms with Crippen LogP contribution < -0.4 is 20.5 Å². The van der Waals surface area contributed by atoms with Crippen LogP contribution in [-0.4, -0.2) is 74.4 Å². The van der Waals surface area contributed by atoms with E-state index in [1.54, 1.807) is 0 Å². The van der Waals surface area contributed by atoms with Crippen molar-refractivity contribution in [2.24, 2.45) is 11.8 Å². The van der Waals surface area contributed by atoms with E-state index in [1.165, 1.54) is 5.01 Å². The zero-order valence-electron chi connectivity index (χ0n) is 33.7. The molecule has 5 atom stereocenters. The Morgan fingerprint density at radius 3 is 2.43 bits per heavy atom. The lowest BCUT2D eigenvalue weighted by atomic mass is 9.96. The van der Waals surface area contributed by atoms with Gasteiger partial charge in [-0.2, -0.15) is 0 Å². The van der Waals surface area contributed by atoms with Crippen LogP contribution in [0.25, 0.3) is 6.08 Å². The maximum Gasteiger partial charge on any atom is 0.325 e. The third kappa shape index (κ3) is 11.7. The van der Waals surface area contributed by atoms with Crippen LogP contribution in [0.4, 0.5) is 0 Å². The smallest absolute Gasteiger partial charge is 0.325 e. The first kappa shape index (κ1) is 42.7. The molecule has 0 saturated carbocycles. The third-order valence-electron chi connectivity index (χ3n) is 10.7. The number of hydrogen-bond acceptors (Lipinski definition) is 8. The van der Waals surface area contributed by atoms with E-state index >= 15 is 0 Å². The molecule has 2 aliphatic heterocycles. The summed E-state index contributed by atoms with van der Waals surface area (Å²) in [5, 5.41) is 7.38. The summed E-state index contributed by atoms with van der Waals surface area (Å²) in [6.07, 6.45) is 6.19. The van der Waals surface area contributed by atoms with Crippen LogP contribution in [0.3, 0.4) is 0 Å². The molecule has 2 heterocycles. The number of ether oxygens (including phenoxy) is 2. The Hall–Kier alpha value is -4.00. The molecule has 4 bridgehead atoms. The molecule has 1 saturated heterocycles. The lowest BCUT2D eigenvalue weighted by Crippen LogP contribution is -2.62. The molecule has 0 unspecified atom stereocenters. The quantitative estimate of drug-likeness (QED) is 0.220. The van der Waals surface area contributed by atoms with E-state index in [4.69, 9.17) is 13.9 Å². The molecule has 3 N–H and O–H groups in total. The van der Waals surface area contributed by atoms with Gasteiger partial charge in [-0.15, -0.1) is 0 Å². The first-order chi connectivity index (χ1) is 25.5. The minimum atomic E-state index is -2.15. The van der Waals surface area contributed by atoms with E-state index in [2.05, 4.69) is 49.9 Å². The number of esters is 1. The molecule has 0 radical (unpaired) electrons. The summed E-state index contributed by atoms with van der Waals surface area (Å²) in [6, 6.07) is 12.8. The topological polar surface area (TPSA) is 135 Å². The van der Waals surface area contributed by atoms with Gasteiger partial charge in [-0.05, 0) is 91.5 Å². The van der Waals surface area contributed by atoms with Crippen molar-refractivity contribution in [3.8, 4) is 5.75 Å². The van der Waals surface area contributed by atoms with E-state index in [0.29, 0.717) is 44.6 Å². The molecule has 0 aromatic heterocycles. The maximum absolute atomic E-state index is 14.4. The summed E-state index contributed by atoms with van der Waals surface area (Å²) < 4.78 is 18.3. The average Bonchev–Trinajstić information content (AvgIpc) is 3.12. The molecule has 2 aliphatic rings. The van der Waals surface area contributed by atoms with Gasteiger partial charge in [-0.3, -0.25) is 24.2 Å². The van der Waals surface area contributed by atoms with Crippen LogP contribution in [-0.2, 0) is 41.7 Å². The summed E-state index contributed by atoms with van der Waals surface area (Å²) in [5.41, 5.74) is 5.70. The third-order valence-corrected chi connectivity index (χ3v) is 15.1. The van der Waals surface area contributed by atoms with E-state index in [-0.39, 0.29) is 36.0 Å². The summed E-state index contributed by atoms with van der Waals surface area (Å²) in [6.45, 7) is 19.2. The predicted octanol–water partition coefficient (Wildman–Crippen LogP) is 6.33. The van der Waals surface area contributed by atoms with Gasteiger partial charge in [0, 0.05) is 19.6 Å². The van der Waals surface area contributed by atoms with Crippen molar-refractivity contribution < 1.29 is 33.1 Å². The zero-order chi connectivity index (χ0) is 39.6. The van der Waals surface area contributed by atoms with Crippen molar-refractivity contribution in [3.05, 3.63) is 71.3 Å². The standard InChI is InChI=1S/C42H62N4O7Si/c1-10-51-36-22-12-11-16-30-17-13-19-32(24-30)27-52-41(50)34-21-15-23-46(45-34)40(49)35(43-39(48)37(28(2)3)44-38(47)29(36)4)26-31-18-14-20-33(25-31)53-54(8,9)42(5,6)7/h11,13-14,16-20,24-25,28-29,34-37,45H,10,12,15,21-23,26-27H2,1-9H3,(H,43,48)(H,44,47)/t29-,34+,35+,36-,37+/m1/s1.